The highest BCUT2D eigenvalue weighted by Gasteiger charge is 2.29. The lowest BCUT2D eigenvalue weighted by Gasteiger charge is -2.35. The van der Waals surface area contributed by atoms with Crippen molar-refractivity contribution in [1.82, 2.24) is 9.88 Å². The van der Waals surface area contributed by atoms with E-state index < -0.39 is 5.97 Å². The fraction of sp³-hybridized carbons (Fsp3) is 0.387. The molecule has 0 N–H and O–H groups in total. The second kappa shape index (κ2) is 10.7. The Morgan fingerprint density at radius 2 is 1.86 bits per heavy atom. The number of nitrogens with zero attached hydrogens (tertiary/aromatic N) is 2. The molecule has 2 aliphatic rings. The number of aromatic nitrogens is 1. The maximum absolute atomic E-state index is 13.5. The van der Waals surface area contributed by atoms with Crippen molar-refractivity contribution in [2.75, 3.05) is 13.2 Å². The van der Waals surface area contributed by atoms with Gasteiger partial charge < -0.3 is 9.64 Å². The molecule has 2 aromatic carbocycles. The highest BCUT2D eigenvalue weighted by molar-refractivity contribution is 6.07. The summed E-state index contributed by atoms with van der Waals surface area (Å²) < 4.78 is 5.70. The molecular weight excluding hydrogens is 448 g/mol. The molecule has 1 aliphatic carbocycles. The first-order valence-corrected chi connectivity index (χ1v) is 13.2. The Bertz CT molecular complexity index is 1310. The summed E-state index contributed by atoms with van der Waals surface area (Å²) in [5.74, 6) is -0.526. The Hall–Kier alpha value is -3.47. The lowest BCUT2D eigenvalue weighted by Crippen LogP contribution is -2.45. The Labute approximate surface area is 213 Å². The predicted molar refractivity (Wildman–Crippen MR) is 144 cm³/mol. The number of benzene rings is 2. The van der Waals surface area contributed by atoms with Crippen LogP contribution in [0.15, 0.2) is 48.5 Å². The van der Waals surface area contributed by atoms with E-state index >= 15 is 0 Å². The SMILES string of the molecule is CC[C@@H]1CCCCN1C(=O)COC(=O)c1c2c(nc3ccccc13)/C(=C/c1ccc(C)cc1)CCC2. The zero-order valence-electron chi connectivity index (χ0n) is 21.3. The highest BCUT2D eigenvalue weighted by Crippen LogP contribution is 2.36. The number of carbonyl (C=O) groups is 2. The third kappa shape index (κ3) is 4.92. The van der Waals surface area contributed by atoms with Gasteiger partial charge in [0, 0.05) is 18.0 Å². The van der Waals surface area contributed by atoms with Crippen molar-refractivity contribution in [3.8, 4) is 0 Å². The smallest absolute Gasteiger partial charge is 0.339 e. The second-order valence-electron chi connectivity index (χ2n) is 9.99. The van der Waals surface area contributed by atoms with Crippen molar-refractivity contribution < 1.29 is 14.3 Å². The van der Waals surface area contributed by atoms with Crippen LogP contribution in [0.1, 0.15) is 78.2 Å². The van der Waals surface area contributed by atoms with E-state index in [1.165, 1.54) is 5.56 Å². The standard InChI is InChI=1S/C31H34N2O3/c1-3-24-10-6-7-18-33(24)28(34)20-36-31(35)29-25-11-4-5-13-27(25)32-30-23(9-8-12-26(29)30)19-22-16-14-21(2)15-17-22/h4-5,11,13-17,19,24H,3,6-10,12,18,20H2,1-2H3/b23-19+/t24-/m1/s1. The van der Waals surface area contributed by atoms with E-state index in [0.29, 0.717) is 5.56 Å². The zero-order chi connectivity index (χ0) is 25.1. The van der Waals surface area contributed by atoms with Gasteiger partial charge in [0.2, 0.25) is 0 Å². The number of fused-ring (bicyclic) bond motifs is 2. The van der Waals surface area contributed by atoms with Crippen LogP contribution in [0.25, 0.3) is 22.6 Å². The number of allylic oxidation sites excluding steroid dienone is 1. The molecule has 5 rings (SSSR count). The average Bonchev–Trinajstić information content (AvgIpc) is 2.91. The summed E-state index contributed by atoms with van der Waals surface area (Å²) >= 11 is 0. The number of hydrogen-bond donors (Lipinski definition) is 0. The molecule has 1 amide bonds. The molecule has 0 unspecified atom stereocenters. The van der Waals surface area contributed by atoms with Gasteiger partial charge in [0.25, 0.3) is 5.91 Å². The molecule has 5 heteroatoms. The third-order valence-corrected chi connectivity index (χ3v) is 7.54. The first-order valence-electron chi connectivity index (χ1n) is 13.2. The number of aryl methyl sites for hydroxylation is 1. The van der Waals surface area contributed by atoms with Crippen LogP contribution in [0.5, 0.6) is 0 Å². The van der Waals surface area contributed by atoms with E-state index in [-0.39, 0.29) is 18.6 Å². The molecule has 186 valence electrons. The molecule has 0 radical (unpaired) electrons. The van der Waals surface area contributed by atoms with E-state index in [1.807, 2.05) is 29.2 Å². The monoisotopic (exact) mass is 482 g/mol. The number of para-hydroxylation sites is 1. The van der Waals surface area contributed by atoms with E-state index in [4.69, 9.17) is 9.72 Å². The first-order chi connectivity index (χ1) is 17.5. The number of rotatable bonds is 5. The maximum atomic E-state index is 13.5. The number of esters is 1. The minimum Gasteiger partial charge on any atom is -0.452 e. The summed E-state index contributed by atoms with van der Waals surface area (Å²) in [6, 6.07) is 16.4. The van der Waals surface area contributed by atoms with Crippen LogP contribution in [0.4, 0.5) is 0 Å². The first kappa shape index (κ1) is 24.2. The molecule has 1 atom stereocenters. The van der Waals surface area contributed by atoms with Crippen LogP contribution < -0.4 is 0 Å². The van der Waals surface area contributed by atoms with Crippen LogP contribution in [0, 0.1) is 6.92 Å². The highest BCUT2D eigenvalue weighted by atomic mass is 16.5. The molecule has 1 aromatic heterocycles. The Balaban J connectivity index is 1.47. The third-order valence-electron chi connectivity index (χ3n) is 7.54. The van der Waals surface area contributed by atoms with Crippen molar-refractivity contribution >= 4 is 34.4 Å². The van der Waals surface area contributed by atoms with Gasteiger partial charge in [0.15, 0.2) is 6.61 Å². The van der Waals surface area contributed by atoms with Crippen LogP contribution in [-0.2, 0) is 16.0 Å². The quantitative estimate of drug-likeness (QED) is 0.397. The molecule has 3 aromatic rings. The van der Waals surface area contributed by atoms with Gasteiger partial charge in [0.05, 0.1) is 16.8 Å². The number of piperidine rings is 1. The molecule has 36 heavy (non-hydrogen) atoms. The van der Waals surface area contributed by atoms with Gasteiger partial charge in [-0.15, -0.1) is 0 Å². The summed E-state index contributed by atoms with van der Waals surface area (Å²) in [6.45, 7) is 4.72. The number of amides is 1. The fourth-order valence-corrected chi connectivity index (χ4v) is 5.61. The Kier molecular flexibility index (Phi) is 7.17. The predicted octanol–water partition coefficient (Wildman–Crippen LogP) is 6.37. The summed E-state index contributed by atoms with van der Waals surface area (Å²) in [7, 11) is 0. The van der Waals surface area contributed by atoms with E-state index in [1.54, 1.807) is 0 Å². The van der Waals surface area contributed by atoms with E-state index in [2.05, 4.69) is 44.2 Å². The summed E-state index contributed by atoms with van der Waals surface area (Å²) in [6.07, 6.45) is 8.90. The zero-order valence-corrected chi connectivity index (χ0v) is 21.3. The summed E-state index contributed by atoms with van der Waals surface area (Å²) in [5, 5.41) is 0.787. The van der Waals surface area contributed by atoms with Crippen molar-refractivity contribution in [3.05, 3.63) is 76.5 Å². The lowest BCUT2D eigenvalue weighted by molar-refractivity contribution is -0.138. The largest absolute Gasteiger partial charge is 0.452 e. The van der Waals surface area contributed by atoms with Crippen molar-refractivity contribution in [2.45, 2.75) is 64.8 Å². The van der Waals surface area contributed by atoms with Gasteiger partial charge in [-0.1, -0.05) is 55.0 Å². The van der Waals surface area contributed by atoms with E-state index in [0.717, 1.165) is 84.8 Å². The number of carbonyl (C=O) groups excluding carboxylic acids is 2. The van der Waals surface area contributed by atoms with E-state index in [9.17, 15) is 9.59 Å². The van der Waals surface area contributed by atoms with Crippen molar-refractivity contribution in [2.24, 2.45) is 0 Å². The number of hydrogen-bond acceptors (Lipinski definition) is 4. The summed E-state index contributed by atoms with van der Waals surface area (Å²) in [5.41, 5.74) is 6.62. The second-order valence-corrected chi connectivity index (χ2v) is 9.99. The maximum Gasteiger partial charge on any atom is 0.339 e. The molecule has 0 bridgehead atoms. The lowest BCUT2D eigenvalue weighted by atomic mass is 9.86. The minimum absolute atomic E-state index is 0.0953. The molecular formula is C31H34N2O3. The van der Waals surface area contributed by atoms with Gasteiger partial charge >= 0.3 is 5.97 Å². The van der Waals surface area contributed by atoms with Crippen LogP contribution in [-0.4, -0.2) is 41.0 Å². The van der Waals surface area contributed by atoms with Crippen LogP contribution in [0.3, 0.4) is 0 Å². The van der Waals surface area contributed by atoms with Gasteiger partial charge in [-0.3, -0.25) is 4.79 Å². The van der Waals surface area contributed by atoms with Gasteiger partial charge in [-0.25, -0.2) is 9.78 Å². The van der Waals surface area contributed by atoms with Crippen molar-refractivity contribution in [3.63, 3.8) is 0 Å². The Morgan fingerprint density at radius 3 is 2.67 bits per heavy atom. The summed E-state index contributed by atoms with van der Waals surface area (Å²) in [4.78, 5) is 33.4. The molecule has 1 aliphatic heterocycles. The van der Waals surface area contributed by atoms with Crippen molar-refractivity contribution in [1.29, 1.82) is 0 Å². The van der Waals surface area contributed by atoms with Crippen LogP contribution in [0.2, 0.25) is 0 Å². The molecule has 5 nitrogen and oxygen atoms in total. The van der Waals surface area contributed by atoms with Gasteiger partial charge in [-0.2, -0.15) is 0 Å². The molecule has 1 saturated heterocycles. The molecule has 0 spiro atoms. The number of pyridine rings is 1. The molecule has 2 heterocycles. The topological polar surface area (TPSA) is 59.5 Å². The van der Waals surface area contributed by atoms with Crippen LogP contribution >= 0.6 is 0 Å². The normalized spacial score (nSPS) is 18.8. The average molecular weight is 483 g/mol. The minimum atomic E-state index is -0.431. The number of likely N-dealkylation sites (tertiary alicyclic amines) is 1. The fourth-order valence-electron chi connectivity index (χ4n) is 5.61. The molecule has 1 fully saturated rings. The Morgan fingerprint density at radius 1 is 1.06 bits per heavy atom. The number of ether oxygens (including phenoxy) is 1. The van der Waals surface area contributed by atoms with Gasteiger partial charge in [-0.05, 0) is 80.7 Å². The van der Waals surface area contributed by atoms with Gasteiger partial charge in [0.1, 0.15) is 0 Å². The molecule has 0 saturated carbocycles.